The van der Waals surface area contributed by atoms with Crippen LogP contribution in [-0.2, 0) is 9.53 Å². The summed E-state index contributed by atoms with van der Waals surface area (Å²) in [5, 5.41) is 0.954. The van der Waals surface area contributed by atoms with E-state index in [4.69, 9.17) is 4.74 Å². The average molecular weight is 341 g/mol. The molecule has 25 heavy (non-hydrogen) atoms. The normalized spacial score (nSPS) is 28.2. The minimum Gasteiger partial charge on any atom is -0.466 e. The van der Waals surface area contributed by atoms with E-state index in [1.807, 2.05) is 13.1 Å². The van der Waals surface area contributed by atoms with Crippen LogP contribution < -0.4 is 0 Å². The smallest absolute Gasteiger partial charge is 0.306 e. The largest absolute Gasteiger partial charge is 0.466 e. The molecule has 0 spiro atoms. The highest BCUT2D eigenvalue weighted by atomic mass is 19.1. The Bertz CT molecular complexity index is 777. The van der Waals surface area contributed by atoms with Gasteiger partial charge >= 0.3 is 5.97 Å². The summed E-state index contributed by atoms with van der Waals surface area (Å²) in [4.78, 5) is 16.1. The van der Waals surface area contributed by atoms with Gasteiger partial charge in [-0.3, -0.25) is 9.78 Å². The lowest BCUT2D eigenvalue weighted by molar-refractivity contribution is -0.144. The fraction of sp³-hybridized carbons (Fsp3) is 0.524. The van der Waals surface area contributed by atoms with E-state index in [2.05, 4.69) is 11.1 Å². The molecule has 2 unspecified atom stereocenters. The Hall–Kier alpha value is -1.97. The first kappa shape index (κ1) is 16.5. The lowest BCUT2D eigenvalue weighted by Crippen LogP contribution is -2.10. The summed E-state index contributed by atoms with van der Waals surface area (Å²) in [6.45, 7) is 2.32. The number of carbonyl (C=O) groups excluding carboxylic acids is 1. The van der Waals surface area contributed by atoms with Gasteiger partial charge < -0.3 is 4.74 Å². The van der Waals surface area contributed by atoms with E-state index >= 15 is 0 Å². The van der Waals surface area contributed by atoms with E-state index in [0.717, 1.165) is 36.6 Å². The Morgan fingerprint density at radius 1 is 1.20 bits per heavy atom. The molecule has 4 rings (SSSR count). The zero-order valence-corrected chi connectivity index (χ0v) is 14.6. The number of hydrogen-bond acceptors (Lipinski definition) is 3. The van der Waals surface area contributed by atoms with Gasteiger partial charge in [0.1, 0.15) is 5.82 Å². The van der Waals surface area contributed by atoms with Crippen molar-refractivity contribution in [3.63, 3.8) is 0 Å². The molecule has 2 fully saturated rings. The average Bonchev–Trinajstić information content (AvgIpc) is 3.12. The first-order chi connectivity index (χ1) is 12.1. The Morgan fingerprint density at radius 3 is 2.68 bits per heavy atom. The van der Waals surface area contributed by atoms with Gasteiger partial charge in [-0.1, -0.05) is 0 Å². The molecule has 1 aromatic heterocycles. The first-order valence-electron chi connectivity index (χ1n) is 9.33. The van der Waals surface area contributed by atoms with Gasteiger partial charge in [0.05, 0.1) is 12.1 Å². The highest BCUT2D eigenvalue weighted by Crippen LogP contribution is 2.53. The second-order valence-corrected chi connectivity index (χ2v) is 7.60. The van der Waals surface area contributed by atoms with Crippen molar-refractivity contribution in [2.24, 2.45) is 17.8 Å². The van der Waals surface area contributed by atoms with Gasteiger partial charge in [-0.25, -0.2) is 4.39 Å². The van der Waals surface area contributed by atoms with Crippen molar-refractivity contribution in [1.29, 1.82) is 0 Å². The highest BCUT2D eigenvalue weighted by Gasteiger charge is 2.42. The van der Waals surface area contributed by atoms with E-state index in [9.17, 15) is 9.18 Å². The Morgan fingerprint density at radius 2 is 1.96 bits per heavy atom. The minimum atomic E-state index is -0.200. The lowest BCUT2D eigenvalue weighted by Gasteiger charge is -2.16. The predicted octanol–water partition coefficient (Wildman–Crippen LogP) is 4.85. The number of rotatable bonds is 4. The maximum Gasteiger partial charge on any atom is 0.306 e. The molecule has 2 saturated carbocycles. The van der Waals surface area contributed by atoms with E-state index in [0.29, 0.717) is 36.7 Å². The SMILES string of the molecule is CCOC(=O)CC1C[C@@H]2CC(c3ccnc4ccc(F)cc34)C[C@@H]2C1. The van der Waals surface area contributed by atoms with Crippen molar-refractivity contribution < 1.29 is 13.9 Å². The van der Waals surface area contributed by atoms with Crippen LogP contribution in [0.15, 0.2) is 30.5 Å². The zero-order chi connectivity index (χ0) is 17.4. The van der Waals surface area contributed by atoms with Crippen LogP contribution in [0.1, 0.15) is 50.5 Å². The molecule has 4 heteroatoms. The van der Waals surface area contributed by atoms with Gasteiger partial charge in [-0.05, 0) is 86.1 Å². The number of carbonyl (C=O) groups is 1. The third kappa shape index (κ3) is 3.26. The quantitative estimate of drug-likeness (QED) is 0.747. The van der Waals surface area contributed by atoms with Crippen molar-refractivity contribution in [2.45, 2.75) is 44.9 Å². The van der Waals surface area contributed by atoms with Crippen LogP contribution in [0.4, 0.5) is 4.39 Å². The predicted molar refractivity (Wildman–Crippen MR) is 94.6 cm³/mol. The molecule has 0 amide bonds. The summed E-state index contributed by atoms with van der Waals surface area (Å²) in [6.07, 6.45) is 6.93. The molecule has 0 radical (unpaired) electrons. The molecule has 0 N–H and O–H groups in total. The van der Waals surface area contributed by atoms with Crippen molar-refractivity contribution in [2.75, 3.05) is 6.61 Å². The van der Waals surface area contributed by atoms with Crippen molar-refractivity contribution in [3.8, 4) is 0 Å². The van der Waals surface area contributed by atoms with E-state index < -0.39 is 0 Å². The maximum absolute atomic E-state index is 13.7. The fourth-order valence-corrected chi connectivity index (χ4v) is 5.11. The van der Waals surface area contributed by atoms with E-state index in [1.54, 1.807) is 12.1 Å². The molecule has 0 aliphatic heterocycles. The van der Waals surface area contributed by atoms with Gasteiger partial charge in [0, 0.05) is 18.0 Å². The van der Waals surface area contributed by atoms with Gasteiger partial charge in [0.2, 0.25) is 0 Å². The van der Waals surface area contributed by atoms with Crippen molar-refractivity contribution in [1.82, 2.24) is 4.98 Å². The Kier molecular flexibility index (Phi) is 4.45. The summed E-state index contributed by atoms with van der Waals surface area (Å²) in [6, 6.07) is 6.92. The number of ether oxygens (including phenoxy) is 1. The fourth-order valence-electron chi connectivity index (χ4n) is 5.11. The molecule has 132 valence electrons. The van der Waals surface area contributed by atoms with Crippen molar-refractivity contribution >= 4 is 16.9 Å². The van der Waals surface area contributed by atoms with E-state index in [-0.39, 0.29) is 11.8 Å². The highest BCUT2D eigenvalue weighted by molar-refractivity contribution is 5.82. The van der Waals surface area contributed by atoms with Crippen LogP contribution in [0, 0.1) is 23.6 Å². The molecule has 3 nitrogen and oxygen atoms in total. The van der Waals surface area contributed by atoms with Crippen LogP contribution in [0.25, 0.3) is 10.9 Å². The van der Waals surface area contributed by atoms with Crippen LogP contribution >= 0.6 is 0 Å². The number of pyridine rings is 1. The molecule has 1 heterocycles. The first-order valence-corrected chi connectivity index (χ1v) is 9.33. The summed E-state index contributed by atoms with van der Waals surface area (Å²) in [7, 11) is 0. The molecular weight excluding hydrogens is 317 g/mol. The number of benzene rings is 1. The lowest BCUT2D eigenvalue weighted by atomic mass is 9.90. The molecule has 1 aromatic carbocycles. The van der Waals surface area contributed by atoms with Crippen LogP contribution in [-0.4, -0.2) is 17.6 Å². The maximum atomic E-state index is 13.7. The van der Waals surface area contributed by atoms with Crippen LogP contribution in [0.3, 0.4) is 0 Å². The number of hydrogen-bond donors (Lipinski definition) is 0. The Balaban J connectivity index is 1.47. The Labute approximate surface area is 147 Å². The van der Waals surface area contributed by atoms with Gasteiger partial charge in [0.15, 0.2) is 0 Å². The van der Waals surface area contributed by atoms with Gasteiger partial charge in [0.25, 0.3) is 0 Å². The van der Waals surface area contributed by atoms with Crippen molar-refractivity contribution in [3.05, 3.63) is 41.8 Å². The number of aromatic nitrogens is 1. The summed E-state index contributed by atoms with van der Waals surface area (Å²) in [5.41, 5.74) is 2.11. The second kappa shape index (κ2) is 6.74. The summed E-state index contributed by atoms with van der Waals surface area (Å²) in [5.74, 6) is 2.06. The van der Waals surface area contributed by atoms with E-state index in [1.165, 1.54) is 11.6 Å². The monoisotopic (exact) mass is 341 g/mol. The standard InChI is InChI=1S/C21H24FNO2/c1-2-25-21(24)9-13-7-14-10-16(11-15(14)8-13)18-5-6-23-20-4-3-17(22)12-19(18)20/h3-6,12-16H,2,7-11H2,1H3/t13?,14-,15+,16?. The molecule has 0 saturated heterocycles. The number of halogens is 1. The third-order valence-electron chi connectivity index (χ3n) is 6.05. The number of fused-ring (bicyclic) bond motifs is 2. The van der Waals surface area contributed by atoms with Gasteiger partial charge in [-0.2, -0.15) is 0 Å². The molecule has 2 aliphatic rings. The number of esters is 1. The molecule has 4 atom stereocenters. The second-order valence-electron chi connectivity index (χ2n) is 7.60. The molecule has 2 aromatic rings. The third-order valence-corrected chi connectivity index (χ3v) is 6.05. The topological polar surface area (TPSA) is 39.2 Å². The molecule has 2 aliphatic carbocycles. The van der Waals surface area contributed by atoms with Gasteiger partial charge in [-0.15, -0.1) is 0 Å². The molecular formula is C21H24FNO2. The number of nitrogens with zero attached hydrogens (tertiary/aromatic N) is 1. The summed E-state index contributed by atoms with van der Waals surface area (Å²) >= 11 is 0. The van der Waals surface area contributed by atoms with Crippen LogP contribution in [0.5, 0.6) is 0 Å². The van der Waals surface area contributed by atoms with Crippen LogP contribution in [0.2, 0.25) is 0 Å². The minimum absolute atomic E-state index is 0.0559. The zero-order valence-electron chi connectivity index (χ0n) is 14.6. The summed E-state index contributed by atoms with van der Waals surface area (Å²) < 4.78 is 18.8. The molecule has 0 bridgehead atoms.